The molecule has 0 atom stereocenters. The third-order valence-electron chi connectivity index (χ3n) is 15.4. The van der Waals surface area contributed by atoms with Crippen molar-refractivity contribution in [3.8, 4) is 61.7 Å². The summed E-state index contributed by atoms with van der Waals surface area (Å²) in [5, 5.41) is 4.93. The van der Waals surface area contributed by atoms with E-state index in [0.717, 1.165) is 35.2 Å². The predicted octanol–water partition coefficient (Wildman–Crippen LogP) is 14.8. The Kier molecular flexibility index (Phi) is 6.22. The van der Waals surface area contributed by atoms with Crippen LogP contribution in [0.5, 0.6) is 11.5 Å². The lowest BCUT2D eigenvalue weighted by Gasteiger charge is -2.61. The molecule has 8 aromatic carbocycles. The molecule has 15 rings (SSSR count). The van der Waals surface area contributed by atoms with Gasteiger partial charge < -0.3 is 9.30 Å². The highest BCUT2D eigenvalue weighted by molar-refractivity contribution is 6.14. The number of hydrogen-bond acceptors (Lipinski definition) is 1. The molecule has 5 aliphatic carbocycles. The van der Waals surface area contributed by atoms with E-state index in [4.69, 9.17) is 4.74 Å². The zero-order valence-corrected chi connectivity index (χ0v) is 32.3. The fraction of sp³-hybridized carbons (Fsp3) is 0.179. The summed E-state index contributed by atoms with van der Waals surface area (Å²) in [5.41, 5.74) is 17.4. The third-order valence-corrected chi connectivity index (χ3v) is 15.4. The fourth-order valence-corrected chi connectivity index (χ4v) is 13.5. The van der Waals surface area contributed by atoms with Gasteiger partial charge in [-0.1, -0.05) is 115 Å². The molecule has 2 heterocycles. The van der Waals surface area contributed by atoms with Crippen LogP contribution in [0.4, 0.5) is 0 Å². The third kappa shape index (κ3) is 4.03. The van der Waals surface area contributed by atoms with Gasteiger partial charge in [-0.15, -0.1) is 0 Å². The highest BCUT2D eigenvalue weighted by Gasteiger charge is 2.61. The summed E-state index contributed by atoms with van der Waals surface area (Å²) in [6, 6.07) is 61.4. The molecule has 2 heteroatoms. The Morgan fingerprint density at radius 1 is 0.431 bits per heavy atom. The van der Waals surface area contributed by atoms with Crippen molar-refractivity contribution in [3.05, 3.63) is 175 Å². The second kappa shape index (κ2) is 11.4. The van der Waals surface area contributed by atoms with Crippen molar-refractivity contribution >= 4 is 32.6 Å². The summed E-state index contributed by atoms with van der Waals surface area (Å²) in [5.74, 6) is 5.23. The zero-order valence-electron chi connectivity index (χ0n) is 32.3. The van der Waals surface area contributed by atoms with E-state index in [-0.39, 0.29) is 5.41 Å². The topological polar surface area (TPSA) is 14.2 Å². The Morgan fingerprint density at radius 2 is 1.09 bits per heavy atom. The van der Waals surface area contributed by atoms with Crippen LogP contribution in [0.15, 0.2) is 164 Å². The predicted molar refractivity (Wildman–Crippen MR) is 238 cm³/mol. The van der Waals surface area contributed by atoms with E-state index >= 15 is 0 Å². The second-order valence-electron chi connectivity index (χ2n) is 18.0. The van der Waals surface area contributed by atoms with E-state index in [1.807, 2.05) is 0 Å². The molecule has 1 aromatic heterocycles. The molecule has 1 aliphatic heterocycles. The first-order valence-corrected chi connectivity index (χ1v) is 21.4. The van der Waals surface area contributed by atoms with Gasteiger partial charge in [-0.25, -0.2) is 0 Å². The molecule has 9 aromatic rings. The maximum atomic E-state index is 6.81. The minimum atomic E-state index is 0.160. The van der Waals surface area contributed by atoms with Crippen LogP contribution < -0.4 is 4.74 Å². The highest BCUT2D eigenvalue weighted by Crippen LogP contribution is 2.70. The van der Waals surface area contributed by atoms with Crippen molar-refractivity contribution < 1.29 is 4.74 Å². The lowest BCUT2D eigenvalue weighted by Crippen LogP contribution is -2.55. The quantitative estimate of drug-likeness (QED) is 0.176. The van der Waals surface area contributed by atoms with Crippen molar-refractivity contribution in [1.82, 2.24) is 4.57 Å². The molecule has 1 spiro atoms. The van der Waals surface area contributed by atoms with Gasteiger partial charge in [-0.3, -0.25) is 0 Å². The lowest BCUT2D eigenvalue weighted by molar-refractivity contribution is -0.0399. The van der Waals surface area contributed by atoms with Gasteiger partial charge in [0.2, 0.25) is 0 Å². The molecule has 0 N–H and O–H groups in total. The van der Waals surface area contributed by atoms with E-state index < -0.39 is 0 Å². The largest absolute Gasteiger partial charge is 0.456 e. The van der Waals surface area contributed by atoms with Crippen LogP contribution in [-0.2, 0) is 5.41 Å². The van der Waals surface area contributed by atoms with Gasteiger partial charge in [0.15, 0.2) is 0 Å². The standard InChI is InChI=1S/C56H41NO/c1-2-10-39(11-3-1)57-50-19-7-5-12-42(50)46-31-35(20-23-51(46)57)40-22-25-53-55-43(40)15-8-16-44(55)47-32-36(21-24-52(47)58-53)41-14-9-18-49-54(41)45-13-4-6-17-48(45)56(49)37-27-33-26-34(29-37)30-38(56)28-33/h1-25,31-34,37-38H,26-30H2. The first-order valence-electron chi connectivity index (χ1n) is 21.4. The summed E-state index contributed by atoms with van der Waals surface area (Å²) >= 11 is 0. The van der Waals surface area contributed by atoms with Gasteiger partial charge in [-0.2, -0.15) is 0 Å². The fourth-order valence-electron chi connectivity index (χ4n) is 13.5. The van der Waals surface area contributed by atoms with E-state index in [1.165, 1.54) is 115 Å². The Bertz CT molecular complexity index is 3190. The van der Waals surface area contributed by atoms with Crippen LogP contribution in [0.1, 0.15) is 43.2 Å². The van der Waals surface area contributed by atoms with Gasteiger partial charge in [0.05, 0.1) is 11.0 Å². The van der Waals surface area contributed by atoms with Crippen LogP contribution >= 0.6 is 0 Å². The molecule has 4 bridgehead atoms. The number of para-hydroxylation sites is 2. The van der Waals surface area contributed by atoms with Crippen LogP contribution in [-0.4, -0.2) is 4.57 Å². The number of rotatable bonds is 3. The van der Waals surface area contributed by atoms with E-state index in [0.29, 0.717) is 0 Å². The highest BCUT2D eigenvalue weighted by atomic mass is 16.5. The van der Waals surface area contributed by atoms with Gasteiger partial charge in [0, 0.05) is 32.8 Å². The van der Waals surface area contributed by atoms with Gasteiger partial charge in [0.25, 0.3) is 0 Å². The molecule has 0 unspecified atom stereocenters. The molecular formula is C56H41NO. The van der Waals surface area contributed by atoms with E-state index in [1.54, 1.807) is 11.1 Å². The molecule has 4 saturated carbocycles. The maximum Gasteiger partial charge on any atom is 0.135 e. The van der Waals surface area contributed by atoms with Gasteiger partial charge >= 0.3 is 0 Å². The first kappa shape index (κ1) is 31.7. The Balaban J connectivity index is 0.921. The van der Waals surface area contributed by atoms with Crippen molar-refractivity contribution in [1.29, 1.82) is 0 Å². The number of benzene rings is 8. The number of aromatic nitrogens is 1. The minimum Gasteiger partial charge on any atom is -0.456 e. The smallest absolute Gasteiger partial charge is 0.135 e. The number of ether oxygens (including phenoxy) is 1. The summed E-state index contributed by atoms with van der Waals surface area (Å²) in [6.45, 7) is 0. The number of hydrogen-bond donors (Lipinski definition) is 0. The summed E-state index contributed by atoms with van der Waals surface area (Å²) in [7, 11) is 0. The second-order valence-corrected chi connectivity index (χ2v) is 18.0. The zero-order chi connectivity index (χ0) is 37.7. The minimum absolute atomic E-state index is 0.160. The Hall–Kier alpha value is -6.38. The van der Waals surface area contributed by atoms with Crippen molar-refractivity contribution in [2.75, 3.05) is 0 Å². The van der Waals surface area contributed by atoms with Crippen molar-refractivity contribution in [2.24, 2.45) is 23.7 Å². The maximum absolute atomic E-state index is 6.81. The summed E-state index contributed by atoms with van der Waals surface area (Å²) in [4.78, 5) is 0. The normalized spacial score (nSPS) is 23.0. The van der Waals surface area contributed by atoms with E-state index in [2.05, 4.69) is 168 Å². The Morgan fingerprint density at radius 3 is 1.97 bits per heavy atom. The molecule has 4 fully saturated rings. The molecule has 58 heavy (non-hydrogen) atoms. The van der Waals surface area contributed by atoms with Gasteiger partial charge in [-0.05, 0) is 160 Å². The Labute approximate surface area is 338 Å². The van der Waals surface area contributed by atoms with Gasteiger partial charge in [0.1, 0.15) is 11.5 Å². The molecule has 0 saturated heterocycles. The molecule has 2 nitrogen and oxygen atoms in total. The molecule has 0 amide bonds. The molecule has 0 radical (unpaired) electrons. The SMILES string of the molecule is c1ccc(-n2c3ccccc3c3cc(-c4ccc5c6c(cccc46)-c4cc(-c6cccc7c6-c6ccccc6C76C7CC8CC(C7)CC6C8)ccc4O5)ccc32)cc1. The summed E-state index contributed by atoms with van der Waals surface area (Å²) < 4.78 is 9.20. The monoisotopic (exact) mass is 743 g/mol. The summed E-state index contributed by atoms with van der Waals surface area (Å²) in [6.07, 6.45) is 7.07. The van der Waals surface area contributed by atoms with Crippen molar-refractivity contribution in [3.63, 3.8) is 0 Å². The first-order chi connectivity index (χ1) is 28.7. The number of fused-ring (bicyclic) bond motifs is 8. The van der Waals surface area contributed by atoms with Crippen LogP contribution in [0.25, 0.3) is 82.8 Å². The van der Waals surface area contributed by atoms with E-state index in [9.17, 15) is 0 Å². The molecule has 276 valence electrons. The number of nitrogens with zero attached hydrogens (tertiary/aromatic N) is 1. The van der Waals surface area contributed by atoms with Crippen LogP contribution in [0, 0.1) is 23.7 Å². The van der Waals surface area contributed by atoms with Crippen LogP contribution in [0.2, 0.25) is 0 Å². The molecule has 6 aliphatic rings. The van der Waals surface area contributed by atoms with Crippen LogP contribution in [0.3, 0.4) is 0 Å². The van der Waals surface area contributed by atoms with Crippen molar-refractivity contribution in [2.45, 2.75) is 37.5 Å². The average molecular weight is 744 g/mol. The average Bonchev–Trinajstić information content (AvgIpc) is 3.76. The molecular weight excluding hydrogens is 703 g/mol. The lowest BCUT2D eigenvalue weighted by atomic mass is 9.43.